The van der Waals surface area contributed by atoms with Crippen LogP contribution in [0.5, 0.6) is 0 Å². The summed E-state index contributed by atoms with van der Waals surface area (Å²) in [6.07, 6.45) is 0. The van der Waals surface area contributed by atoms with E-state index in [0.717, 1.165) is 5.56 Å². The molecule has 1 N–H and O–H groups in total. The van der Waals surface area contributed by atoms with Gasteiger partial charge in [-0.05, 0) is 29.8 Å². The first-order chi connectivity index (χ1) is 9.19. The van der Waals surface area contributed by atoms with E-state index >= 15 is 0 Å². The largest absolute Gasteiger partial charge is 0.453 e. The Balaban J connectivity index is 1.91. The van der Waals surface area contributed by atoms with Gasteiger partial charge in [-0.3, -0.25) is 4.79 Å². The van der Waals surface area contributed by atoms with Gasteiger partial charge in [0.2, 0.25) is 0 Å². The van der Waals surface area contributed by atoms with Crippen LogP contribution in [-0.2, 0) is 17.9 Å². The van der Waals surface area contributed by atoms with E-state index in [-0.39, 0.29) is 17.5 Å². The normalized spacial score (nSPS) is 10.4. The van der Waals surface area contributed by atoms with Gasteiger partial charge >= 0.3 is 0 Å². The minimum absolute atomic E-state index is 0.231. The van der Waals surface area contributed by atoms with Crippen molar-refractivity contribution in [1.29, 1.82) is 0 Å². The zero-order valence-corrected chi connectivity index (χ0v) is 10.5. The van der Waals surface area contributed by atoms with E-state index < -0.39 is 0 Å². The molecule has 0 aliphatic heterocycles. The number of amides is 1. The van der Waals surface area contributed by atoms with Crippen LogP contribution in [0.3, 0.4) is 0 Å². The predicted octanol–water partition coefficient (Wildman–Crippen LogP) is 2.50. The number of hydrogen-bond donors (Lipinski definition) is 1. The predicted molar refractivity (Wildman–Crippen MR) is 67.0 cm³/mol. The summed E-state index contributed by atoms with van der Waals surface area (Å²) in [7, 11) is 1.55. The maximum absolute atomic E-state index is 12.7. The molecule has 1 aromatic carbocycles. The molecule has 1 heterocycles. The van der Waals surface area contributed by atoms with Crippen LogP contribution in [0.2, 0.25) is 0 Å². The van der Waals surface area contributed by atoms with Gasteiger partial charge in [-0.25, -0.2) is 4.39 Å². The standard InChI is InChI=1S/C14H14FNO3/c1-18-9-12-6-7-13(19-12)14(17)16-8-10-2-4-11(15)5-3-10/h2-7H,8-9H2,1H3,(H,16,17). The topological polar surface area (TPSA) is 51.5 Å². The lowest BCUT2D eigenvalue weighted by Gasteiger charge is -2.03. The first kappa shape index (κ1) is 13.3. The third-order valence-electron chi connectivity index (χ3n) is 2.54. The summed E-state index contributed by atoms with van der Waals surface area (Å²) in [5, 5.41) is 2.69. The number of hydrogen-bond acceptors (Lipinski definition) is 3. The van der Waals surface area contributed by atoms with Crippen LogP contribution in [0.15, 0.2) is 40.8 Å². The summed E-state index contributed by atoms with van der Waals surface area (Å²) in [6, 6.07) is 9.23. The van der Waals surface area contributed by atoms with E-state index in [1.807, 2.05) is 0 Å². The van der Waals surface area contributed by atoms with Crippen molar-refractivity contribution in [2.24, 2.45) is 0 Å². The second-order valence-electron chi connectivity index (χ2n) is 4.01. The molecule has 0 unspecified atom stereocenters. The summed E-state index contributed by atoms with van der Waals surface area (Å²) in [4.78, 5) is 11.8. The van der Waals surface area contributed by atoms with Crippen LogP contribution in [0.4, 0.5) is 4.39 Å². The van der Waals surface area contributed by atoms with Gasteiger partial charge in [0.1, 0.15) is 18.2 Å². The number of ether oxygens (including phenoxy) is 1. The number of methoxy groups -OCH3 is 1. The molecule has 0 aliphatic rings. The monoisotopic (exact) mass is 263 g/mol. The molecule has 2 rings (SSSR count). The van der Waals surface area contributed by atoms with Crippen molar-refractivity contribution in [3.8, 4) is 0 Å². The number of carbonyl (C=O) groups is 1. The number of nitrogens with one attached hydrogen (secondary N) is 1. The second kappa shape index (κ2) is 6.15. The number of rotatable bonds is 5. The molecule has 0 saturated heterocycles. The zero-order valence-electron chi connectivity index (χ0n) is 10.5. The summed E-state index contributed by atoms with van der Waals surface area (Å²) in [5.74, 6) is 0.209. The number of benzene rings is 1. The molecule has 19 heavy (non-hydrogen) atoms. The summed E-state index contributed by atoms with van der Waals surface area (Å²) in [6.45, 7) is 0.644. The van der Waals surface area contributed by atoms with E-state index in [9.17, 15) is 9.18 Å². The molecule has 0 saturated carbocycles. The molecular formula is C14H14FNO3. The summed E-state index contributed by atoms with van der Waals surface area (Å²) < 4.78 is 22.9. The molecule has 2 aromatic rings. The van der Waals surface area contributed by atoms with Gasteiger partial charge in [-0.15, -0.1) is 0 Å². The Hall–Kier alpha value is -2.14. The van der Waals surface area contributed by atoms with Crippen LogP contribution >= 0.6 is 0 Å². The van der Waals surface area contributed by atoms with Gasteiger partial charge in [-0.1, -0.05) is 12.1 Å². The summed E-state index contributed by atoms with van der Waals surface area (Å²) in [5.41, 5.74) is 0.818. The van der Waals surface area contributed by atoms with E-state index in [1.165, 1.54) is 12.1 Å². The van der Waals surface area contributed by atoms with Crippen LogP contribution in [-0.4, -0.2) is 13.0 Å². The highest BCUT2D eigenvalue weighted by Crippen LogP contribution is 2.09. The smallest absolute Gasteiger partial charge is 0.287 e. The summed E-state index contributed by atoms with van der Waals surface area (Å²) >= 11 is 0. The van der Waals surface area contributed by atoms with E-state index in [4.69, 9.17) is 9.15 Å². The van der Waals surface area contributed by atoms with Crippen LogP contribution in [0.25, 0.3) is 0 Å². The average molecular weight is 263 g/mol. The van der Waals surface area contributed by atoms with Crippen molar-refractivity contribution < 1.29 is 18.3 Å². The Bertz CT molecular complexity index is 548. The first-order valence-corrected chi connectivity index (χ1v) is 5.79. The fraction of sp³-hybridized carbons (Fsp3) is 0.214. The molecule has 0 bridgehead atoms. The fourth-order valence-electron chi connectivity index (χ4n) is 1.59. The highest BCUT2D eigenvalue weighted by Gasteiger charge is 2.10. The lowest BCUT2D eigenvalue weighted by atomic mass is 10.2. The van der Waals surface area contributed by atoms with Crippen LogP contribution in [0, 0.1) is 5.82 Å². The van der Waals surface area contributed by atoms with Gasteiger partial charge in [0, 0.05) is 13.7 Å². The molecule has 0 fully saturated rings. The third-order valence-corrected chi connectivity index (χ3v) is 2.54. The maximum Gasteiger partial charge on any atom is 0.287 e. The van der Waals surface area contributed by atoms with Crippen molar-refractivity contribution >= 4 is 5.91 Å². The van der Waals surface area contributed by atoms with Gasteiger partial charge in [0.25, 0.3) is 5.91 Å². The van der Waals surface area contributed by atoms with Crippen LogP contribution < -0.4 is 5.32 Å². The Labute approximate surface area is 110 Å². The Morgan fingerprint density at radius 2 is 2.00 bits per heavy atom. The van der Waals surface area contributed by atoms with Crippen LogP contribution in [0.1, 0.15) is 21.9 Å². The molecule has 0 aliphatic carbocycles. The minimum atomic E-state index is -0.313. The van der Waals surface area contributed by atoms with E-state index in [2.05, 4.69) is 5.32 Å². The van der Waals surface area contributed by atoms with Gasteiger partial charge < -0.3 is 14.5 Å². The molecule has 0 atom stereocenters. The Morgan fingerprint density at radius 3 is 2.68 bits per heavy atom. The highest BCUT2D eigenvalue weighted by molar-refractivity contribution is 5.91. The SMILES string of the molecule is COCc1ccc(C(=O)NCc2ccc(F)cc2)o1. The Kier molecular flexibility index (Phi) is 4.30. The lowest BCUT2D eigenvalue weighted by Crippen LogP contribution is -2.22. The van der Waals surface area contributed by atoms with Gasteiger partial charge in [0.15, 0.2) is 5.76 Å². The second-order valence-corrected chi connectivity index (χ2v) is 4.01. The molecule has 1 amide bonds. The van der Waals surface area contributed by atoms with Crippen molar-refractivity contribution in [2.45, 2.75) is 13.2 Å². The fourth-order valence-corrected chi connectivity index (χ4v) is 1.59. The number of furan rings is 1. The minimum Gasteiger partial charge on any atom is -0.453 e. The molecule has 100 valence electrons. The number of carbonyl (C=O) groups excluding carboxylic acids is 1. The highest BCUT2D eigenvalue weighted by atomic mass is 19.1. The zero-order chi connectivity index (χ0) is 13.7. The maximum atomic E-state index is 12.7. The van der Waals surface area contributed by atoms with Gasteiger partial charge in [-0.2, -0.15) is 0 Å². The molecule has 0 radical (unpaired) electrons. The Morgan fingerprint density at radius 1 is 1.26 bits per heavy atom. The molecule has 0 spiro atoms. The third kappa shape index (κ3) is 3.66. The van der Waals surface area contributed by atoms with Crippen molar-refractivity contribution in [3.05, 3.63) is 59.3 Å². The first-order valence-electron chi connectivity index (χ1n) is 5.79. The van der Waals surface area contributed by atoms with Crippen molar-refractivity contribution in [2.75, 3.05) is 7.11 Å². The molecule has 4 nitrogen and oxygen atoms in total. The van der Waals surface area contributed by atoms with Crippen molar-refractivity contribution in [3.63, 3.8) is 0 Å². The van der Waals surface area contributed by atoms with Crippen molar-refractivity contribution in [1.82, 2.24) is 5.32 Å². The average Bonchev–Trinajstić information content (AvgIpc) is 2.87. The molecule has 1 aromatic heterocycles. The lowest BCUT2D eigenvalue weighted by molar-refractivity contribution is 0.0914. The van der Waals surface area contributed by atoms with Gasteiger partial charge in [0.05, 0.1) is 0 Å². The molecule has 5 heteroatoms. The van der Waals surface area contributed by atoms with E-state index in [1.54, 1.807) is 31.4 Å². The number of halogens is 1. The molecular weight excluding hydrogens is 249 g/mol. The van der Waals surface area contributed by atoms with E-state index in [0.29, 0.717) is 18.9 Å². The quantitative estimate of drug-likeness (QED) is 0.901.